The number of benzene rings is 1. The zero-order valence-electron chi connectivity index (χ0n) is 11.5. The Morgan fingerprint density at radius 1 is 1.29 bits per heavy atom. The van der Waals surface area contributed by atoms with Crippen LogP contribution in [0, 0.1) is 0 Å². The van der Waals surface area contributed by atoms with Gasteiger partial charge < -0.3 is 4.90 Å². The zero-order valence-corrected chi connectivity index (χ0v) is 13.9. The Hall–Kier alpha value is -1.50. The fraction of sp³-hybridized carbons (Fsp3) is 0.200. The predicted octanol–water partition coefficient (Wildman–Crippen LogP) is 1.89. The van der Waals surface area contributed by atoms with E-state index in [0.717, 1.165) is 27.9 Å². The first kappa shape index (κ1) is 14.4. The summed E-state index contributed by atoms with van der Waals surface area (Å²) < 4.78 is 3.05. The molecule has 0 aliphatic heterocycles. The highest BCUT2D eigenvalue weighted by molar-refractivity contribution is 9.11. The van der Waals surface area contributed by atoms with E-state index in [-0.39, 0.29) is 5.43 Å². The van der Waals surface area contributed by atoms with Gasteiger partial charge in [-0.15, -0.1) is 11.3 Å². The molecule has 1 aromatic carbocycles. The smallest absolute Gasteiger partial charge is 0.207 e. The standard InChI is InChI=1S/C15H14BrN3OS/c1-18(9-11-6-7-15(16)21-11)10-19-13-5-3-2-4-12(13)14(20)8-17-19/h2-8H,9-10H2,1H3/p+1. The molecule has 108 valence electrons. The minimum absolute atomic E-state index is 0.0262. The number of quaternary nitrogens is 1. The van der Waals surface area contributed by atoms with E-state index >= 15 is 0 Å². The summed E-state index contributed by atoms with van der Waals surface area (Å²) in [5.41, 5.74) is 0.860. The van der Waals surface area contributed by atoms with Crippen LogP contribution in [-0.2, 0) is 13.2 Å². The van der Waals surface area contributed by atoms with Crippen molar-refractivity contribution in [3.8, 4) is 0 Å². The molecule has 0 radical (unpaired) electrons. The lowest BCUT2D eigenvalue weighted by Gasteiger charge is -2.15. The van der Waals surface area contributed by atoms with Crippen LogP contribution in [-0.4, -0.2) is 16.8 Å². The van der Waals surface area contributed by atoms with E-state index in [9.17, 15) is 4.79 Å². The van der Waals surface area contributed by atoms with Crippen LogP contribution in [0.1, 0.15) is 4.88 Å². The highest BCUT2D eigenvalue weighted by atomic mass is 79.9. The molecule has 3 aromatic rings. The molecular formula is C15H15BrN3OS+. The maximum atomic E-state index is 11.8. The molecule has 6 heteroatoms. The van der Waals surface area contributed by atoms with Crippen LogP contribution in [0.2, 0.25) is 0 Å². The van der Waals surface area contributed by atoms with Gasteiger partial charge in [0.2, 0.25) is 5.43 Å². The van der Waals surface area contributed by atoms with Crippen LogP contribution in [0.5, 0.6) is 0 Å². The average molecular weight is 365 g/mol. The first-order valence-electron chi connectivity index (χ1n) is 6.64. The highest BCUT2D eigenvalue weighted by Gasteiger charge is 2.10. The molecule has 3 rings (SSSR count). The number of hydrogen-bond acceptors (Lipinski definition) is 3. The van der Waals surface area contributed by atoms with Gasteiger partial charge >= 0.3 is 0 Å². The number of nitrogens with one attached hydrogen (secondary N) is 1. The van der Waals surface area contributed by atoms with Crippen molar-refractivity contribution in [2.24, 2.45) is 0 Å². The molecule has 0 amide bonds. The van der Waals surface area contributed by atoms with Gasteiger partial charge in [-0.1, -0.05) is 12.1 Å². The van der Waals surface area contributed by atoms with Crippen LogP contribution < -0.4 is 10.3 Å². The molecule has 0 fully saturated rings. The van der Waals surface area contributed by atoms with E-state index in [1.807, 2.05) is 28.9 Å². The molecule has 21 heavy (non-hydrogen) atoms. The quantitative estimate of drug-likeness (QED) is 0.767. The Balaban J connectivity index is 1.84. The molecule has 0 spiro atoms. The SMILES string of the molecule is C[NH+](Cc1ccc(Br)s1)Cn1ncc(=O)c2ccccc21. The normalized spacial score (nSPS) is 12.7. The number of rotatable bonds is 4. The second kappa shape index (κ2) is 6.09. The van der Waals surface area contributed by atoms with Crippen molar-refractivity contribution in [1.82, 2.24) is 9.78 Å². The van der Waals surface area contributed by atoms with Gasteiger partial charge in [-0.25, -0.2) is 4.68 Å². The predicted molar refractivity (Wildman–Crippen MR) is 88.6 cm³/mol. The van der Waals surface area contributed by atoms with Crippen molar-refractivity contribution in [2.75, 3.05) is 7.05 Å². The van der Waals surface area contributed by atoms with Crippen molar-refractivity contribution in [3.63, 3.8) is 0 Å². The number of hydrogen-bond donors (Lipinski definition) is 1. The Labute approximate surface area is 134 Å². The van der Waals surface area contributed by atoms with Gasteiger partial charge in [0.1, 0.15) is 6.54 Å². The lowest BCUT2D eigenvalue weighted by molar-refractivity contribution is -0.916. The first-order valence-corrected chi connectivity index (χ1v) is 8.25. The van der Waals surface area contributed by atoms with Gasteiger partial charge in [0, 0.05) is 5.39 Å². The molecule has 0 saturated carbocycles. The Bertz CT molecular complexity index is 827. The third kappa shape index (κ3) is 3.23. The van der Waals surface area contributed by atoms with E-state index in [1.54, 1.807) is 11.3 Å². The summed E-state index contributed by atoms with van der Waals surface area (Å²) in [6.45, 7) is 1.65. The Morgan fingerprint density at radius 2 is 2.10 bits per heavy atom. The van der Waals surface area contributed by atoms with E-state index in [4.69, 9.17) is 0 Å². The summed E-state index contributed by atoms with van der Waals surface area (Å²) >= 11 is 5.24. The third-order valence-electron chi connectivity index (χ3n) is 3.29. The van der Waals surface area contributed by atoms with E-state index in [2.05, 4.69) is 40.2 Å². The van der Waals surface area contributed by atoms with E-state index in [0.29, 0.717) is 0 Å². The summed E-state index contributed by atoms with van der Waals surface area (Å²) in [5.74, 6) is 0. The first-order chi connectivity index (χ1) is 10.1. The van der Waals surface area contributed by atoms with Gasteiger partial charge in [0.15, 0.2) is 6.67 Å². The summed E-state index contributed by atoms with van der Waals surface area (Å²) in [5, 5.41) is 4.99. The van der Waals surface area contributed by atoms with Gasteiger partial charge in [0.05, 0.1) is 27.4 Å². The highest BCUT2D eigenvalue weighted by Crippen LogP contribution is 2.21. The lowest BCUT2D eigenvalue weighted by atomic mass is 10.2. The average Bonchev–Trinajstić information content (AvgIpc) is 2.87. The molecule has 2 aromatic heterocycles. The number of fused-ring (bicyclic) bond motifs is 1. The molecule has 1 unspecified atom stereocenters. The molecule has 0 bridgehead atoms. The molecule has 0 aliphatic carbocycles. The zero-order chi connectivity index (χ0) is 14.8. The van der Waals surface area contributed by atoms with Crippen LogP contribution >= 0.6 is 27.3 Å². The summed E-state index contributed by atoms with van der Waals surface area (Å²) in [4.78, 5) is 14.5. The fourth-order valence-electron chi connectivity index (χ4n) is 2.34. The van der Waals surface area contributed by atoms with E-state index < -0.39 is 0 Å². The van der Waals surface area contributed by atoms with Crippen molar-refractivity contribution < 1.29 is 4.90 Å². The minimum Gasteiger partial charge on any atom is -0.314 e. The van der Waals surface area contributed by atoms with Crippen molar-refractivity contribution >= 4 is 38.2 Å². The van der Waals surface area contributed by atoms with E-state index in [1.165, 1.54) is 16.0 Å². The number of halogens is 1. The van der Waals surface area contributed by atoms with Gasteiger partial charge in [0.25, 0.3) is 0 Å². The van der Waals surface area contributed by atoms with Gasteiger partial charge in [-0.05, 0) is 40.2 Å². The molecule has 2 heterocycles. The number of para-hydroxylation sites is 1. The maximum absolute atomic E-state index is 11.8. The molecule has 1 atom stereocenters. The van der Waals surface area contributed by atoms with Crippen LogP contribution in [0.25, 0.3) is 10.9 Å². The Morgan fingerprint density at radius 3 is 2.86 bits per heavy atom. The molecule has 0 aliphatic rings. The topological polar surface area (TPSA) is 39.3 Å². The summed E-state index contributed by atoms with van der Waals surface area (Å²) in [7, 11) is 2.13. The number of thiophene rings is 1. The van der Waals surface area contributed by atoms with Gasteiger partial charge in [-0.2, -0.15) is 5.10 Å². The molecule has 0 saturated heterocycles. The fourth-order valence-corrected chi connectivity index (χ4v) is 3.94. The largest absolute Gasteiger partial charge is 0.314 e. The van der Waals surface area contributed by atoms with Crippen molar-refractivity contribution in [3.05, 3.63) is 61.5 Å². The summed E-state index contributed by atoms with van der Waals surface area (Å²) in [6.07, 6.45) is 1.40. The molecule has 4 nitrogen and oxygen atoms in total. The molecule has 1 N–H and O–H groups in total. The second-order valence-electron chi connectivity index (χ2n) is 5.02. The van der Waals surface area contributed by atoms with Crippen molar-refractivity contribution in [2.45, 2.75) is 13.2 Å². The minimum atomic E-state index is -0.0262. The number of nitrogens with zero attached hydrogens (tertiary/aromatic N) is 2. The lowest BCUT2D eigenvalue weighted by Crippen LogP contribution is -3.06. The van der Waals surface area contributed by atoms with Crippen LogP contribution in [0.15, 0.2) is 51.2 Å². The molecular weight excluding hydrogens is 350 g/mol. The number of aromatic nitrogens is 2. The van der Waals surface area contributed by atoms with Crippen LogP contribution in [0.4, 0.5) is 0 Å². The third-order valence-corrected chi connectivity index (χ3v) is 4.91. The summed E-state index contributed by atoms with van der Waals surface area (Å²) in [6, 6.07) is 11.8. The van der Waals surface area contributed by atoms with Gasteiger partial charge in [-0.3, -0.25) is 4.79 Å². The second-order valence-corrected chi connectivity index (χ2v) is 7.57. The monoisotopic (exact) mass is 364 g/mol. The maximum Gasteiger partial charge on any atom is 0.207 e. The van der Waals surface area contributed by atoms with Crippen molar-refractivity contribution in [1.29, 1.82) is 0 Å². The Kier molecular flexibility index (Phi) is 4.19. The van der Waals surface area contributed by atoms with Crippen LogP contribution in [0.3, 0.4) is 0 Å².